The second-order valence-corrected chi connectivity index (χ2v) is 2.45. The standard InChI is InChI=1S/C7H11NO2/c1-5(2)10-6-3-7(9)8-4-6/h6H,1,3-4H2,2H3,(H,8,9)/t6-/m0/s1. The van der Waals surface area contributed by atoms with Gasteiger partial charge in [-0.15, -0.1) is 0 Å². The van der Waals surface area contributed by atoms with E-state index >= 15 is 0 Å². The third-order valence-corrected chi connectivity index (χ3v) is 1.31. The fraction of sp³-hybridized carbons (Fsp3) is 0.571. The highest BCUT2D eigenvalue weighted by atomic mass is 16.5. The van der Waals surface area contributed by atoms with E-state index in [0.717, 1.165) is 0 Å². The van der Waals surface area contributed by atoms with Gasteiger partial charge in [-0.3, -0.25) is 4.79 Å². The van der Waals surface area contributed by atoms with Crippen LogP contribution in [0.5, 0.6) is 0 Å². The Morgan fingerprint density at radius 3 is 3.00 bits per heavy atom. The van der Waals surface area contributed by atoms with Crippen LogP contribution in [-0.2, 0) is 9.53 Å². The Labute approximate surface area is 60.1 Å². The maximum Gasteiger partial charge on any atom is 0.223 e. The van der Waals surface area contributed by atoms with Crippen LogP contribution in [0.2, 0.25) is 0 Å². The Bertz CT molecular complexity index is 165. The molecule has 1 atom stereocenters. The molecule has 3 nitrogen and oxygen atoms in total. The van der Waals surface area contributed by atoms with Crippen LogP contribution in [0.3, 0.4) is 0 Å². The van der Waals surface area contributed by atoms with Crippen molar-refractivity contribution in [3.63, 3.8) is 0 Å². The zero-order valence-corrected chi connectivity index (χ0v) is 6.02. The molecule has 1 fully saturated rings. The summed E-state index contributed by atoms with van der Waals surface area (Å²) in [4.78, 5) is 10.6. The average Bonchev–Trinajstić information content (AvgIpc) is 2.13. The SMILES string of the molecule is C=C(C)O[C@@H]1CNC(=O)C1. The minimum atomic E-state index is 0.00463. The molecule has 0 aliphatic carbocycles. The topological polar surface area (TPSA) is 38.3 Å². The van der Waals surface area contributed by atoms with Crippen molar-refractivity contribution in [1.29, 1.82) is 0 Å². The summed E-state index contributed by atoms with van der Waals surface area (Å²) in [5.74, 6) is 0.729. The molecule has 0 radical (unpaired) electrons. The Balaban J connectivity index is 2.31. The molecule has 56 valence electrons. The number of amides is 1. The lowest BCUT2D eigenvalue weighted by molar-refractivity contribution is -0.119. The smallest absolute Gasteiger partial charge is 0.223 e. The molecule has 0 aromatic carbocycles. The molecule has 0 unspecified atom stereocenters. The minimum absolute atomic E-state index is 0.00463. The molecule has 1 amide bonds. The molecule has 1 saturated heterocycles. The van der Waals surface area contributed by atoms with Gasteiger partial charge in [0.1, 0.15) is 6.10 Å². The number of ether oxygens (including phenoxy) is 1. The van der Waals surface area contributed by atoms with Crippen LogP contribution in [0.25, 0.3) is 0 Å². The van der Waals surface area contributed by atoms with E-state index in [9.17, 15) is 4.79 Å². The first-order chi connectivity index (χ1) is 4.68. The third-order valence-electron chi connectivity index (χ3n) is 1.31. The van der Waals surface area contributed by atoms with E-state index in [1.807, 2.05) is 0 Å². The van der Waals surface area contributed by atoms with Gasteiger partial charge in [0.15, 0.2) is 0 Å². The number of nitrogens with one attached hydrogen (secondary N) is 1. The lowest BCUT2D eigenvalue weighted by atomic mass is 10.3. The van der Waals surface area contributed by atoms with Crippen molar-refractivity contribution < 1.29 is 9.53 Å². The first-order valence-electron chi connectivity index (χ1n) is 3.27. The Morgan fingerprint density at radius 2 is 2.60 bits per heavy atom. The Morgan fingerprint density at radius 1 is 1.90 bits per heavy atom. The summed E-state index contributed by atoms with van der Waals surface area (Å²) >= 11 is 0. The molecule has 3 heteroatoms. The van der Waals surface area contributed by atoms with Crippen molar-refractivity contribution in [2.24, 2.45) is 0 Å². The Kier molecular flexibility index (Phi) is 1.94. The van der Waals surface area contributed by atoms with Crippen LogP contribution >= 0.6 is 0 Å². The lowest BCUT2D eigenvalue weighted by Crippen LogP contribution is -2.16. The number of carbonyl (C=O) groups excluding carboxylic acids is 1. The van der Waals surface area contributed by atoms with Crippen molar-refractivity contribution in [2.45, 2.75) is 19.4 Å². The normalized spacial score (nSPS) is 24.1. The molecule has 0 aromatic rings. The van der Waals surface area contributed by atoms with Crippen molar-refractivity contribution in [3.8, 4) is 0 Å². The zero-order valence-electron chi connectivity index (χ0n) is 6.02. The third kappa shape index (κ3) is 1.76. The summed E-state index contributed by atoms with van der Waals surface area (Å²) in [7, 11) is 0. The van der Waals surface area contributed by atoms with E-state index in [1.54, 1.807) is 6.92 Å². The highest BCUT2D eigenvalue weighted by molar-refractivity contribution is 5.78. The predicted molar refractivity (Wildman–Crippen MR) is 37.3 cm³/mol. The van der Waals surface area contributed by atoms with Crippen LogP contribution < -0.4 is 5.32 Å². The van der Waals surface area contributed by atoms with Gasteiger partial charge in [-0.25, -0.2) is 0 Å². The molecular formula is C7H11NO2. The fourth-order valence-electron chi connectivity index (χ4n) is 0.947. The molecule has 0 saturated carbocycles. The van der Waals surface area contributed by atoms with Crippen LogP contribution in [0.4, 0.5) is 0 Å². The van der Waals surface area contributed by atoms with E-state index in [0.29, 0.717) is 18.7 Å². The number of hydrogen-bond acceptors (Lipinski definition) is 2. The van der Waals surface area contributed by atoms with E-state index in [2.05, 4.69) is 11.9 Å². The number of rotatable bonds is 2. The first kappa shape index (κ1) is 7.12. The van der Waals surface area contributed by atoms with E-state index in [1.165, 1.54) is 0 Å². The van der Waals surface area contributed by atoms with Gasteiger partial charge in [-0.05, 0) is 6.92 Å². The summed E-state index contributed by atoms with van der Waals surface area (Å²) in [6.07, 6.45) is 0.470. The summed E-state index contributed by atoms with van der Waals surface area (Å²) in [5.41, 5.74) is 0. The van der Waals surface area contributed by atoms with Crippen molar-refractivity contribution in [1.82, 2.24) is 5.32 Å². The number of carbonyl (C=O) groups is 1. The monoisotopic (exact) mass is 141 g/mol. The van der Waals surface area contributed by atoms with Crippen molar-refractivity contribution in [2.75, 3.05) is 6.54 Å². The molecule has 0 spiro atoms. The summed E-state index contributed by atoms with van der Waals surface area (Å²) in [5, 5.41) is 2.67. The minimum Gasteiger partial charge on any atom is -0.493 e. The van der Waals surface area contributed by atoms with Gasteiger partial charge in [0.05, 0.1) is 18.7 Å². The maximum absolute atomic E-state index is 10.6. The largest absolute Gasteiger partial charge is 0.493 e. The molecular weight excluding hydrogens is 130 g/mol. The average molecular weight is 141 g/mol. The van der Waals surface area contributed by atoms with Crippen LogP contribution in [0.15, 0.2) is 12.3 Å². The predicted octanol–water partition coefficient (Wildman–Crippen LogP) is 0.425. The quantitative estimate of drug-likeness (QED) is 0.566. The number of hydrogen-bond donors (Lipinski definition) is 1. The maximum atomic E-state index is 10.6. The molecule has 10 heavy (non-hydrogen) atoms. The molecule has 0 aromatic heterocycles. The molecule has 1 aliphatic heterocycles. The molecule has 1 N–H and O–H groups in total. The van der Waals surface area contributed by atoms with Crippen LogP contribution in [0.1, 0.15) is 13.3 Å². The summed E-state index contributed by atoms with van der Waals surface area (Å²) in [6, 6.07) is 0. The second kappa shape index (κ2) is 2.73. The van der Waals surface area contributed by atoms with Gasteiger partial charge < -0.3 is 10.1 Å². The fourth-order valence-corrected chi connectivity index (χ4v) is 0.947. The second-order valence-electron chi connectivity index (χ2n) is 2.45. The van der Waals surface area contributed by atoms with E-state index in [4.69, 9.17) is 4.74 Å². The zero-order chi connectivity index (χ0) is 7.56. The molecule has 1 aliphatic rings. The van der Waals surface area contributed by atoms with Gasteiger partial charge in [-0.2, -0.15) is 0 Å². The first-order valence-corrected chi connectivity index (χ1v) is 3.27. The van der Waals surface area contributed by atoms with Gasteiger partial charge >= 0.3 is 0 Å². The number of allylic oxidation sites excluding steroid dienone is 1. The van der Waals surface area contributed by atoms with E-state index in [-0.39, 0.29) is 12.0 Å². The molecule has 0 bridgehead atoms. The lowest BCUT2D eigenvalue weighted by Gasteiger charge is -2.09. The van der Waals surface area contributed by atoms with Crippen molar-refractivity contribution >= 4 is 5.91 Å². The summed E-state index contributed by atoms with van der Waals surface area (Å²) < 4.78 is 5.20. The molecule has 1 rings (SSSR count). The van der Waals surface area contributed by atoms with Gasteiger partial charge in [0.2, 0.25) is 5.91 Å². The summed E-state index contributed by atoms with van der Waals surface area (Å²) in [6.45, 7) is 5.98. The van der Waals surface area contributed by atoms with Crippen LogP contribution in [0, 0.1) is 0 Å². The molecule has 1 heterocycles. The van der Waals surface area contributed by atoms with Gasteiger partial charge in [-0.1, -0.05) is 6.58 Å². The van der Waals surface area contributed by atoms with Crippen molar-refractivity contribution in [3.05, 3.63) is 12.3 Å². The van der Waals surface area contributed by atoms with Gasteiger partial charge in [0.25, 0.3) is 0 Å². The van der Waals surface area contributed by atoms with Crippen LogP contribution in [-0.4, -0.2) is 18.6 Å². The van der Waals surface area contributed by atoms with Gasteiger partial charge in [0, 0.05) is 0 Å². The Hall–Kier alpha value is -0.990. The van der Waals surface area contributed by atoms with E-state index < -0.39 is 0 Å². The highest BCUT2D eigenvalue weighted by Gasteiger charge is 2.22. The highest BCUT2D eigenvalue weighted by Crippen LogP contribution is 2.07.